The lowest BCUT2D eigenvalue weighted by atomic mass is 10.0. The van der Waals surface area contributed by atoms with Gasteiger partial charge in [0.1, 0.15) is 5.82 Å². The van der Waals surface area contributed by atoms with E-state index < -0.39 is 0 Å². The standard InChI is InChI=1S/C11H13FIN/c12-9-4-8(5-10(13)6-9)11(14)3-7-1-2-7/h4-7,11H,1-3,14H2. The highest BCUT2D eigenvalue weighted by Gasteiger charge is 2.24. The average Bonchev–Trinajstić information content (AvgIpc) is 2.86. The summed E-state index contributed by atoms with van der Waals surface area (Å²) in [5, 5.41) is 0. The SMILES string of the molecule is NC(CC1CC1)c1cc(F)cc(I)c1. The number of rotatable bonds is 3. The van der Waals surface area contributed by atoms with Crippen LogP contribution in [0, 0.1) is 15.3 Å². The van der Waals surface area contributed by atoms with Crippen LogP contribution in [0.15, 0.2) is 18.2 Å². The first-order chi connectivity index (χ1) is 6.65. The van der Waals surface area contributed by atoms with Gasteiger partial charge >= 0.3 is 0 Å². The zero-order valence-electron chi connectivity index (χ0n) is 7.84. The Hall–Kier alpha value is -0.160. The minimum absolute atomic E-state index is 0.00622. The third-order valence-corrected chi connectivity index (χ3v) is 3.22. The van der Waals surface area contributed by atoms with E-state index in [1.54, 1.807) is 6.07 Å². The molecular formula is C11H13FIN. The molecule has 0 bridgehead atoms. The molecule has 0 saturated heterocycles. The van der Waals surface area contributed by atoms with Crippen LogP contribution in [0.5, 0.6) is 0 Å². The molecule has 0 radical (unpaired) electrons. The van der Waals surface area contributed by atoms with E-state index in [1.165, 1.54) is 18.9 Å². The van der Waals surface area contributed by atoms with Crippen LogP contribution < -0.4 is 5.73 Å². The van der Waals surface area contributed by atoms with E-state index in [4.69, 9.17) is 5.73 Å². The zero-order valence-corrected chi connectivity index (χ0v) is 10.00. The fourth-order valence-corrected chi connectivity index (χ4v) is 2.30. The summed E-state index contributed by atoms with van der Waals surface area (Å²) in [6.07, 6.45) is 3.58. The van der Waals surface area contributed by atoms with Crippen molar-refractivity contribution in [3.05, 3.63) is 33.1 Å². The smallest absolute Gasteiger partial charge is 0.124 e. The maximum absolute atomic E-state index is 13.1. The van der Waals surface area contributed by atoms with E-state index in [-0.39, 0.29) is 11.9 Å². The van der Waals surface area contributed by atoms with Crippen molar-refractivity contribution in [3.63, 3.8) is 0 Å². The second-order valence-electron chi connectivity index (χ2n) is 3.99. The Labute approximate surface area is 97.0 Å². The van der Waals surface area contributed by atoms with Crippen molar-refractivity contribution in [2.45, 2.75) is 25.3 Å². The molecule has 1 aromatic rings. The van der Waals surface area contributed by atoms with Gasteiger partial charge in [-0.2, -0.15) is 0 Å². The molecule has 1 aliphatic carbocycles. The first-order valence-electron chi connectivity index (χ1n) is 4.87. The molecule has 3 heteroatoms. The van der Waals surface area contributed by atoms with E-state index >= 15 is 0 Å². The van der Waals surface area contributed by atoms with Crippen LogP contribution >= 0.6 is 22.6 Å². The van der Waals surface area contributed by atoms with Gasteiger partial charge in [-0.15, -0.1) is 0 Å². The maximum atomic E-state index is 13.1. The number of hydrogen-bond acceptors (Lipinski definition) is 1. The van der Waals surface area contributed by atoms with Gasteiger partial charge in [0.15, 0.2) is 0 Å². The van der Waals surface area contributed by atoms with E-state index in [0.717, 1.165) is 21.5 Å². The van der Waals surface area contributed by atoms with Gasteiger partial charge in [0.05, 0.1) is 0 Å². The zero-order chi connectivity index (χ0) is 10.1. The van der Waals surface area contributed by atoms with Crippen molar-refractivity contribution >= 4 is 22.6 Å². The number of nitrogens with two attached hydrogens (primary N) is 1. The lowest BCUT2D eigenvalue weighted by Crippen LogP contribution is -2.11. The minimum atomic E-state index is -0.182. The summed E-state index contributed by atoms with van der Waals surface area (Å²) < 4.78 is 14.0. The Morgan fingerprint density at radius 2 is 2.14 bits per heavy atom. The van der Waals surface area contributed by atoms with E-state index in [9.17, 15) is 4.39 Å². The molecule has 0 amide bonds. The van der Waals surface area contributed by atoms with Gasteiger partial charge in [-0.1, -0.05) is 12.8 Å². The average molecular weight is 305 g/mol. The highest BCUT2D eigenvalue weighted by Crippen LogP contribution is 2.36. The molecule has 0 aliphatic heterocycles. The van der Waals surface area contributed by atoms with Gasteiger partial charge in [-0.25, -0.2) is 4.39 Å². The molecule has 1 fully saturated rings. The summed E-state index contributed by atoms with van der Waals surface area (Å²) >= 11 is 2.12. The van der Waals surface area contributed by atoms with Gasteiger partial charge in [0.2, 0.25) is 0 Å². The van der Waals surface area contributed by atoms with Gasteiger partial charge < -0.3 is 5.73 Å². The van der Waals surface area contributed by atoms with Crippen molar-refractivity contribution < 1.29 is 4.39 Å². The fraction of sp³-hybridized carbons (Fsp3) is 0.455. The quantitative estimate of drug-likeness (QED) is 0.853. The third kappa shape index (κ3) is 2.67. The Balaban J connectivity index is 2.12. The molecule has 1 unspecified atom stereocenters. The van der Waals surface area contributed by atoms with Gasteiger partial charge in [-0.05, 0) is 58.7 Å². The molecule has 1 aromatic carbocycles. The topological polar surface area (TPSA) is 26.0 Å². The fourth-order valence-electron chi connectivity index (χ4n) is 1.64. The van der Waals surface area contributed by atoms with Crippen molar-refractivity contribution in [2.24, 2.45) is 11.7 Å². The molecule has 76 valence electrons. The molecule has 1 saturated carbocycles. The normalized spacial score (nSPS) is 18.2. The first kappa shape index (κ1) is 10.4. The predicted octanol–water partition coefficient (Wildman–Crippen LogP) is 3.23. The van der Waals surface area contributed by atoms with Crippen molar-refractivity contribution in [3.8, 4) is 0 Å². The van der Waals surface area contributed by atoms with Gasteiger partial charge in [0, 0.05) is 9.61 Å². The molecule has 2 rings (SSSR count). The predicted molar refractivity (Wildman–Crippen MR) is 63.4 cm³/mol. The number of halogens is 2. The summed E-state index contributed by atoms with van der Waals surface area (Å²) in [4.78, 5) is 0. The highest BCUT2D eigenvalue weighted by molar-refractivity contribution is 14.1. The Morgan fingerprint density at radius 1 is 1.43 bits per heavy atom. The monoisotopic (exact) mass is 305 g/mol. The van der Waals surface area contributed by atoms with E-state index in [1.807, 2.05) is 6.07 Å². The highest BCUT2D eigenvalue weighted by atomic mass is 127. The van der Waals surface area contributed by atoms with Crippen LogP contribution in [0.3, 0.4) is 0 Å². The van der Waals surface area contributed by atoms with Crippen LogP contribution in [-0.2, 0) is 0 Å². The summed E-state index contributed by atoms with van der Waals surface area (Å²) in [5.74, 6) is 0.601. The molecule has 0 heterocycles. The lowest BCUT2D eigenvalue weighted by Gasteiger charge is -2.11. The van der Waals surface area contributed by atoms with Crippen LogP contribution in [0.2, 0.25) is 0 Å². The van der Waals surface area contributed by atoms with Crippen LogP contribution in [0.4, 0.5) is 4.39 Å². The summed E-state index contributed by atoms with van der Waals surface area (Å²) in [6.45, 7) is 0. The van der Waals surface area contributed by atoms with Crippen LogP contribution in [-0.4, -0.2) is 0 Å². The molecule has 14 heavy (non-hydrogen) atoms. The second kappa shape index (κ2) is 4.14. The Kier molecular flexibility index (Phi) is 3.07. The number of benzene rings is 1. The van der Waals surface area contributed by atoms with E-state index in [2.05, 4.69) is 22.6 Å². The molecule has 1 aliphatic rings. The van der Waals surface area contributed by atoms with E-state index in [0.29, 0.717) is 0 Å². The van der Waals surface area contributed by atoms with Gasteiger partial charge in [-0.3, -0.25) is 0 Å². The molecule has 1 nitrogen and oxygen atoms in total. The maximum Gasteiger partial charge on any atom is 0.124 e. The third-order valence-electron chi connectivity index (χ3n) is 2.60. The Morgan fingerprint density at radius 3 is 2.71 bits per heavy atom. The lowest BCUT2D eigenvalue weighted by molar-refractivity contribution is 0.582. The van der Waals surface area contributed by atoms with Crippen molar-refractivity contribution in [1.29, 1.82) is 0 Å². The molecule has 0 spiro atoms. The summed E-state index contributed by atoms with van der Waals surface area (Å²) in [5.41, 5.74) is 6.94. The summed E-state index contributed by atoms with van der Waals surface area (Å²) in [7, 11) is 0. The van der Waals surface area contributed by atoms with Crippen molar-refractivity contribution in [1.82, 2.24) is 0 Å². The molecule has 0 aromatic heterocycles. The van der Waals surface area contributed by atoms with Crippen LogP contribution in [0.25, 0.3) is 0 Å². The largest absolute Gasteiger partial charge is 0.324 e. The molecule has 1 atom stereocenters. The minimum Gasteiger partial charge on any atom is -0.324 e. The summed E-state index contributed by atoms with van der Waals surface area (Å²) in [6, 6.07) is 5.05. The Bertz CT molecular complexity index is 316. The van der Waals surface area contributed by atoms with Crippen molar-refractivity contribution in [2.75, 3.05) is 0 Å². The first-order valence-corrected chi connectivity index (χ1v) is 5.94. The molecule has 2 N–H and O–H groups in total. The van der Waals surface area contributed by atoms with Crippen LogP contribution in [0.1, 0.15) is 30.9 Å². The van der Waals surface area contributed by atoms with Gasteiger partial charge in [0.25, 0.3) is 0 Å². The molecular weight excluding hydrogens is 292 g/mol. The second-order valence-corrected chi connectivity index (χ2v) is 5.23. The number of hydrogen-bond donors (Lipinski definition) is 1.